The average Bonchev–Trinajstić information content (AvgIpc) is 3.17. The number of rotatable bonds is 4. The van der Waals surface area contributed by atoms with Crippen molar-refractivity contribution >= 4 is 5.97 Å². The minimum absolute atomic E-state index is 0.0495. The van der Waals surface area contributed by atoms with Crippen LogP contribution in [0.5, 0.6) is 0 Å². The van der Waals surface area contributed by atoms with E-state index in [1.807, 2.05) is 30.3 Å². The molecule has 0 radical (unpaired) electrons. The van der Waals surface area contributed by atoms with Crippen molar-refractivity contribution in [1.82, 2.24) is 15.0 Å². The fourth-order valence-corrected chi connectivity index (χ4v) is 2.55. The summed E-state index contributed by atoms with van der Waals surface area (Å²) in [4.78, 5) is 18.0. The quantitative estimate of drug-likeness (QED) is 0.798. The van der Waals surface area contributed by atoms with Gasteiger partial charge in [0, 0.05) is 12.1 Å². The van der Waals surface area contributed by atoms with E-state index in [2.05, 4.69) is 15.0 Å². The molecular formula is C15H17N3O3. The van der Waals surface area contributed by atoms with E-state index in [4.69, 9.17) is 9.26 Å². The lowest BCUT2D eigenvalue weighted by molar-refractivity contribution is -0.144. The van der Waals surface area contributed by atoms with Crippen molar-refractivity contribution < 1.29 is 14.1 Å². The third-order valence-electron chi connectivity index (χ3n) is 3.67. The van der Waals surface area contributed by atoms with E-state index >= 15 is 0 Å². The van der Waals surface area contributed by atoms with E-state index in [0.717, 1.165) is 18.5 Å². The third kappa shape index (κ3) is 3.11. The van der Waals surface area contributed by atoms with Crippen LogP contribution in [0.25, 0.3) is 11.4 Å². The molecule has 1 aromatic carbocycles. The summed E-state index contributed by atoms with van der Waals surface area (Å²) in [6.45, 7) is 2.08. The van der Waals surface area contributed by atoms with Gasteiger partial charge >= 0.3 is 5.97 Å². The molecule has 2 aromatic rings. The van der Waals surface area contributed by atoms with Crippen LogP contribution in [0.2, 0.25) is 0 Å². The largest absolute Gasteiger partial charge is 0.469 e. The lowest BCUT2D eigenvalue weighted by Crippen LogP contribution is -2.23. The number of carbonyl (C=O) groups is 1. The molecule has 2 heterocycles. The lowest BCUT2D eigenvalue weighted by Gasteiger charge is -2.12. The molecule has 21 heavy (non-hydrogen) atoms. The number of ether oxygens (including phenoxy) is 1. The zero-order chi connectivity index (χ0) is 14.7. The van der Waals surface area contributed by atoms with Gasteiger partial charge in [-0.1, -0.05) is 35.5 Å². The molecule has 0 spiro atoms. The number of benzene rings is 1. The number of hydrogen-bond acceptors (Lipinski definition) is 6. The highest BCUT2D eigenvalue weighted by Gasteiger charge is 2.29. The molecule has 1 atom stereocenters. The summed E-state index contributed by atoms with van der Waals surface area (Å²) in [5, 5.41) is 3.99. The number of nitrogens with zero attached hydrogens (tertiary/aromatic N) is 3. The first-order chi connectivity index (χ1) is 10.3. The van der Waals surface area contributed by atoms with E-state index in [1.54, 1.807) is 0 Å². The molecule has 1 aliphatic heterocycles. The Bertz CT molecular complexity index is 612. The molecule has 0 bridgehead atoms. The van der Waals surface area contributed by atoms with Gasteiger partial charge in [0.1, 0.15) is 0 Å². The molecule has 6 heteroatoms. The summed E-state index contributed by atoms with van der Waals surface area (Å²) >= 11 is 0. The number of methoxy groups -OCH3 is 1. The number of hydrogen-bond donors (Lipinski definition) is 0. The summed E-state index contributed by atoms with van der Waals surface area (Å²) in [5.74, 6) is 0.966. The van der Waals surface area contributed by atoms with Crippen molar-refractivity contribution in [2.75, 3.05) is 20.2 Å². The van der Waals surface area contributed by atoms with Crippen LogP contribution in [0.15, 0.2) is 34.9 Å². The van der Waals surface area contributed by atoms with Gasteiger partial charge in [-0.05, 0) is 13.0 Å². The molecule has 1 saturated heterocycles. The van der Waals surface area contributed by atoms with Crippen LogP contribution in [-0.4, -0.2) is 41.2 Å². The van der Waals surface area contributed by atoms with Crippen LogP contribution >= 0.6 is 0 Å². The summed E-state index contributed by atoms with van der Waals surface area (Å²) in [7, 11) is 1.43. The molecule has 1 aliphatic rings. The summed E-state index contributed by atoms with van der Waals surface area (Å²) in [6, 6.07) is 9.71. The van der Waals surface area contributed by atoms with Gasteiger partial charge in [-0.15, -0.1) is 0 Å². The first-order valence-electron chi connectivity index (χ1n) is 6.94. The second-order valence-electron chi connectivity index (χ2n) is 5.12. The standard InChI is InChI=1S/C15H17N3O3/c1-20-15(19)12-7-8-18(9-12)10-13-16-14(17-21-13)11-5-3-2-4-6-11/h2-6,12H,7-10H2,1H3. The first-order valence-corrected chi connectivity index (χ1v) is 6.94. The molecule has 1 aromatic heterocycles. The van der Waals surface area contributed by atoms with Gasteiger partial charge in [0.05, 0.1) is 19.6 Å². The van der Waals surface area contributed by atoms with Crippen molar-refractivity contribution in [3.63, 3.8) is 0 Å². The van der Waals surface area contributed by atoms with Crippen LogP contribution < -0.4 is 0 Å². The Morgan fingerprint density at radius 3 is 3.00 bits per heavy atom. The average molecular weight is 287 g/mol. The van der Waals surface area contributed by atoms with Gasteiger partial charge in [0.15, 0.2) is 0 Å². The van der Waals surface area contributed by atoms with E-state index in [-0.39, 0.29) is 11.9 Å². The molecule has 3 rings (SSSR count). The van der Waals surface area contributed by atoms with Crippen molar-refractivity contribution in [2.45, 2.75) is 13.0 Å². The van der Waals surface area contributed by atoms with E-state index in [9.17, 15) is 4.79 Å². The van der Waals surface area contributed by atoms with E-state index < -0.39 is 0 Å². The molecule has 1 unspecified atom stereocenters. The second-order valence-corrected chi connectivity index (χ2v) is 5.12. The highest BCUT2D eigenvalue weighted by atomic mass is 16.5. The maximum absolute atomic E-state index is 11.5. The van der Waals surface area contributed by atoms with Gasteiger partial charge < -0.3 is 9.26 Å². The molecule has 0 aliphatic carbocycles. The van der Waals surface area contributed by atoms with Crippen LogP contribution in [0.3, 0.4) is 0 Å². The lowest BCUT2D eigenvalue weighted by atomic mass is 10.1. The number of carbonyl (C=O) groups excluding carboxylic acids is 1. The van der Waals surface area contributed by atoms with Crippen LogP contribution in [-0.2, 0) is 16.1 Å². The van der Waals surface area contributed by atoms with Crippen molar-refractivity contribution in [3.8, 4) is 11.4 Å². The minimum atomic E-state index is -0.145. The predicted octanol–water partition coefficient (Wildman–Crippen LogP) is 1.73. The summed E-state index contributed by atoms with van der Waals surface area (Å²) < 4.78 is 10.1. The maximum Gasteiger partial charge on any atom is 0.310 e. The number of esters is 1. The van der Waals surface area contributed by atoms with Crippen LogP contribution in [0.4, 0.5) is 0 Å². The highest BCUT2D eigenvalue weighted by molar-refractivity contribution is 5.72. The zero-order valence-electron chi connectivity index (χ0n) is 11.9. The van der Waals surface area contributed by atoms with Gasteiger partial charge in [-0.2, -0.15) is 4.98 Å². The van der Waals surface area contributed by atoms with Gasteiger partial charge in [-0.3, -0.25) is 9.69 Å². The maximum atomic E-state index is 11.5. The number of aromatic nitrogens is 2. The Hall–Kier alpha value is -2.21. The fraction of sp³-hybridized carbons (Fsp3) is 0.400. The molecule has 1 fully saturated rings. The Kier molecular flexibility index (Phi) is 3.96. The van der Waals surface area contributed by atoms with E-state index in [0.29, 0.717) is 24.8 Å². The Morgan fingerprint density at radius 1 is 1.43 bits per heavy atom. The molecular weight excluding hydrogens is 270 g/mol. The van der Waals surface area contributed by atoms with Gasteiger partial charge in [-0.25, -0.2) is 0 Å². The molecule has 110 valence electrons. The van der Waals surface area contributed by atoms with Crippen LogP contribution in [0.1, 0.15) is 12.3 Å². The van der Waals surface area contributed by atoms with Crippen molar-refractivity contribution in [3.05, 3.63) is 36.2 Å². The zero-order valence-corrected chi connectivity index (χ0v) is 11.9. The monoisotopic (exact) mass is 287 g/mol. The fourth-order valence-electron chi connectivity index (χ4n) is 2.55. The highest BCUT2D eigenvalue weighted by Crippen LogP contribution is 2.20. The second kappa shape index (κ2) is 6.05. The third-order valence-corrected chi connectivity index (χ3v) is 3.67. The molecule has 0 saturated carbocycles. The minimum Gasteiger partial charge on any atom is -0.469 e. The molecule has 0 amide bonds. The predicted molar refractivity (Wildman–Crippen MR) is 75.1 cm³/mol. The van der Waals surface area contributed by atoms with E-state index in [1.165, 1.54) is 7.11 Å². The Labute approximate surface area is 122 Å². The van der Waals surface area contributed by atoms with Crippen molar-refractivity contribution in [1.29, 1.82) is 0 Å². The number of likely N-dealkylation sites (tertiary alicyclic amines) is 1. The Balaban J connectivity index is 1.62. The Morgan fingerprint density at radius 2 is 2.24 bits per heavy atom. The van der Waals surface area contributed by atoms with Gasteiger partial charge in [0.2, 0.25) is 11.7 Å². The van der Waals surface area contributed by atoms with Crippen LogP contribution in [0, 0.1) is 5.92 Å². The summed E-state index contributed by atoms with van der Waals surface area (Å²) in [5.41, 5.74) is 0.932. The van der Waals surface area contributed by atoms with Crippen molar-refractivity contribution in [2.24, 2.45) is 5.92 Å². The molecule has 0 N–H and O–H groups in total. The smallest absolute Gasteiger partial charge is 0.310 e. The SMILES string of the molecule is COC(=O)C1CCN(Cc2nc(-c3ccccc3)no2)C1. The normalized spacial score (nSPS) is 18.8. The summed E-state index contributed by atoms with van der Waals surface area (Å²) in [6.07, 6.45) is 0.812. The molecule has 6 nitrogen and oxygen atoms in total. The van der Waals surface area contributed by atoms with Gasteiger partial charge in [0.25, 0.3) is 0 Å². The topological polar surface area (TPSA) is 68.5 Å². The first kappa shape index (κ1) is 13.8.